The summed E-state index contributed by atoms with van der Waals surface area (Å²) in [5, 5.41) is 0. The molecule has 0 saturated carbocycles. The third kappa shape index (κ3) is 4.89. The normalized spacial score (nSPS) is 14.1. The molecule has 0 aromatic heterocycles. The number of nitrogens with zero attached hydrogens (tertiary/aromatic N) is 1. The third-order valence-electron chi connectivity index (χ3n) is 2.95. The fourth-order valence-electron chi connectivity index (χ4n) is 1.58. The van der Waals surface area contributed by atoms with Gasteiger partial charge in [0.05, 0.1) is 0 Å². The molecule has 0 amide bonds. The van der Waals surface area contributed by atoms with Gasteiger partial charge in [-0.05, 0) is 30.0 Å². The monoisotopic (exact) mass is 288 g/mol. The molecule has 4 nitrogen and oxygen atoms in total. The summed E-state index contributed by atoms with van der Waals surface area (Å²) in [7, 11) is -0.494. The highest BCUT2D eigenvalue weighted by molar-refractivity contribution is 7.87. The average Bonchev–Trinajstić information content (AvgIpc) is 2.30. The van der Waals surface area contributed by atoms with E-state index in [1.165, 1.54) is 26.2 Å². The summed E-state index contributed by atoms with van der Waals surface area (Å²) in [5.74, 6) is -0.154. The molecule has 108 valence electrons. The van der Waals surface area contributed by atoms with Crippen molar-refractivity contribution in [3.8, 4) is 0 Å². The zero-order valence-corrected chi connectivity index (χ0v) is 12.5. The van der Waals surface area contributed by atoms with Crippen LogP contribution in [0.4, 0.5) is 4.39 Å². The Kier molecular flexibility index (Phi) is 5.46. The van der Waals surface area contributed by atoms with Crippen molar-refractivity contribution in [3.05, 3.63) is 35.6 Å². The zero-order valence-electron chi connectivity index (χ0n) is 11.7. The predicted molar refractivity (Wildman–Crippen MR) is 74.5 cm³/mol. The first kappa shape index (κ1) is 16.1. The first-order valence-corrected chi connectivity index (χ1v) is 7.60. The van der Waals surface area contributed by atoms with Gasteiger partial charge in [-0.15, -0.1) is 0 Å². The van der Waals surface area contributed by atoms with Crippen LogP contribution in [-0.4, -0.2) is 32.9 Å². The largest absolute Gasteiger partial charge is 0.279 e. The van der Waals surface area contributed by atoms with Gasteiger partial charge in [0.2, 0.25) is 0 Å². The molecule has 6 heteroatoms. The molecular weight excluding hydrogens is 267 g/mol. The molecule has 0 radical (unpaired) electrons. The molecule has 1 unspecified atom stereocenters. The molecule has 0 spiro atoms. The standard InChI is InChI=1S/C13H21FN2O2S/c1-10(2)13(15-19(17,18)16(3)4)9-11-5-7-12(14)8-6-11/h5-8,10,13,15H,9H2,1-4H3. The van der Waals surface area contributed by atoms with E-state index in [0.717, 1.165) is 9.87 Å². The Balaban J connectivity index is 2.82. The lowest BCUT2D eigenvalue weighted by atomic mass is 9.97. The zero-order chi connectivity index (χ0) is 14.6. The highest BCUT2D eigenvalue weighted by Gasteiger charge is 2.22. The molecule has 1 aromatic carbocycles. The van der Waals surface area contributed by atoms with Crippen LogP contribution in [0.1, 0.15) is 19.4 Å². The summed E-state index contributed by atoms with van der Waals surface area (Å²) in [5.41, 5.74) is 0.904. The lowest BCUT2D eigenvalue weighted by molar-refractivity contribution is 0.424. The number of hydrogen-bond acceptors (Lipinski definition) is 2. The van der Waals surface area contributed by atoms with Crippen LogP contribution in [0.5, 0.6) is 0 Å². The van der Waals surface area contributed by atoms with Crippen LogP contribution in [0.25, 0.3) is 0 Å². The predicted octanol–water partition coefficient (Wildman–Crippen LogP) is 1.79. The van der Waals surface area contributed by atoms with E-state index in [9.17, 15) is 12.8 Å². The molecule has 1 N–H and O–H groups in total. The number of rotatable bonds is 6. The van der Waals surface area contributed by atoms with Crippen LogP contribution in [0.2, 0.25) is 0 Å². The molecule has 1 atom stereocenters. The summed E-state index contributed by atoms with van der Waals surface area (Å²) in [6.07, 6.45) is 0.533. The van der Waals surface area contributed by atoms with Gasteiger partial charge in [0.25, 0.3) is 10.2 Å². The van der Waals surface area contributed by atoms with Crippen LogP contribution in [0, 0.1) is 11.7 Å². The Morgan fingerprint density at radius 1 is 1.21 bits per heavy atom. The second kappa shape index (κ2) is 6.45. The van der Waals surface area contributed by atoms with Crippen molar-refractivity contribution in [2.24, 2.45) is 5.92 Å². The van der Waals surface area contributed by atoms with Gasteiger partial charge in [-0.1, -0.05) is 26.0 Å². The lowest BCUT2D eigenvalue weighted by Crippen LogP contribution is -2.45. The SMILES string of the molecule is CC(C)C(Cc1ccc(F)cc1)NS(=O)(=O)N(C)C. The quantitative estimate of drug-likeness (QED) is 0.867. The minimum atomic E-state index is -3.46. The van der Waals surface area contributed by atoms with Crippen LogP contribution in [-0.2, 0) is 16.6 Å². The van der Waals surface area contributed by atoms with Gasteiger partial charge in [-0.25, -0.2) is 4.39 Å². The summed E-state index contributed by atoms with van der Waals surface area (Å²) in [6, 6.07) is 5.89. The van der Waals surface area contributed by atoms with Crippen LogP contribution in [0.3, 0.4) is 0 Å². The summed E-state index contributed by atoms with van der Waals surface area (Å²) >= 11 is 0. The molecule has 19 heavy (non-hydrogen) atoms. The number of halogens is 1. The first-order valence-electron chi connectivity index (χ1n) is 6.16. The molecule has 0 heterocycles. The van der Waals surface area contributed by atoms with Crippen molar-refractivity contribution in [3.63, 3.8) is 0 Å². The maximum atomic E-state index is 12.8. The molecule has 0 bridgehead atoms. The van der Waals surface area contributed by atoms with Crippen LogP contribution < -0.4 is 4.72 Å². The Morgan fingerprint density at radius 2 is 1.74 bits per heavy atom. The Labute approximate surface area is 114 Å². The topological polar surface area (TPSA) is 49.4 Å². The summed E-state index contributed by atoms with van der Waals surface area (Å²) < 4.78 is 40.3. The maximum absolute atomic E-state index is 12.8. The summed E-state index contributed by atoms with van der Waals surface area (Å²) in [6.45, 7) is 3.90. The molecule has 0 aliphatic heterocycles. The smallest absolute Gasteiger partial charge is 0.207 e. The number of benzene rings is 1. The molecule has 0 aliphatic rings. The van der Waals surface area contributed by atoms with E-state index in [2.05, 4.69) is 4.72 Å². The van der Waals surface area contributed by atoms with Gasteiger partial charge in [0, 0.05) is 20.1 Å². The van der Waals surface area contributed by atoms with E-state index >= 15 is 0 Å². The molecule has 0 saturated heterocycles. The van der Waals surface area contributed by atoms with Crippen molar-refractivity contribution in [2.75, 3.05) is 14.1 Å². The van der Waals surface area contributed by atoms with E-state index in [1.54, 1.807) is 12.1 Å². The number of hydrogen-bond donors (Lipinski definition) is 1. The minimum absolute atomic E-state index is 0.139. The molecular formula is C13H21FN2O2S. The summed E-state index contributed by atoms with van der Waals surface area (Å²) in [4.78, 5) is 0. The van der Waals surface area contributed by atoms with Gasteiger partial charge in [-0.3, -0.25) is 0 Å². The third-order valence-corrected chi connectivity index (χ3v) is 4.52. The van der Waals surface area contributed by atoms with Crippen molar-refractivity contribution < 1.29 is 12.8 Å². The van der Waals surface area contributed by atoms with Crippen molar-refractivity contribution in [2.45, 2.75) is 26.3 Å². The van der Waals surface area contributed by atoms with E-state index in [-0.39, 0.29) is 17.8 Å². The van der Waals surface area contributed by atoms with Gasteiger partial charge in [0.1, 0.15) is 5.82 Å². The average molecular weight is 288 g/mol. The molecule has 0 fully saturated rings. The van der Waals surface area contributed by atoms with Crippen molar-refractivity contribution in [1.29, 1.82) is 0 Å². The van der Waals surface area contributed by atoms with Crippen LogP contribution >= 0.6 is 0 Å². The van der Waals surface area contributed by atoms with Gasteiger partial charge in [0.15, 0.2) is 0 Å². The fourth-order valence-corrected chi connectivity index (χ4v) is 2.53. The van der Waals surface area contributed by atoms with E-state index < -0.39 is 10.2 Å². The Morgan fingerprint density at radius 3 is 2.16 bits per heavy atom. The van der Waals surface area contributed by atoms with Gasteiger partial charge < -0.3 is 0 Å². The molecule has 1 rings (SSSR count). The first-order chi connectivity index (χ1) is 8.72. The van der Waals surface area contributed by atoms with E-state index in [0.29, 0.717) is 6.42 Å². The van der Waals surface area contributed by atoms with Crippen molar-refractivity contribution >= 4 is 10.2 Å². The fraction of sp³-hybridized carbons (Fsp3) is 0.538. The second-order valence-corrected chi connectivity index (χ2v) is 7.00. The number of nitrogens with one attached hydrogen (secondary N) is 1. The van der Waals surface area contributed by atoms with Gasteiger partial charge in [-0.2, -0.15) is 17.4 Å². The van der Waals surface area contributed by atoms with E-state index in [4.69, 9.17) is 0 Å². The maximum Gasteiger partial charge on any atom is 0.279 e. The highest BCUT2D eigenvalue weighted by atomic mass is 32.2. The molecule has 0 aliphatic carbocycles. The van der Waals surface area contributed by atoms with Gasteiger partial charge >= 0.3 is 0 Å². The second-order valence-electron chi connectivity index (χ2n) is 5.09. The van der Waals surface area contributed by atoms with E-state index in [1.807, 2.05) is 13.8 Å². The highest BCUT2D eigenvalue weighted by Crippen LogP contribution is 2.12. The Bertz CT molecular complexity index is 498. The lowest BCUT2D eigenvalue weighted by Gasteiger charge is -2.24. The Hall–Kier alpha value is -0.980. The minimum Gasteiger partial charge on any atom is -0.207 e. The molecule has 1 aromatic rings. The van der Waals surface area contributed by atoms with Crippen molar-refractivity contribution in [1.82, 2.24) is 9.03 Å². The van der Waals surface area contributed by atoms with Crippen LogP contribution in [0.15, 0.2) is 24.3 Å².